The third-order valence-electron chi connectivity index (χ3n) is 2.46. The lowest BCUT2D eigenvalue weighted by Gasteiger charge is -2.12. The van der Waals surface area contributed by atoms with Crippen LogP contribution in [0.5, 0.6) is 11.5 Å². The largest absolute Gasteiger partial charge is 0.493 e. The summed E-state index contributed by atoms with van der Waals surface area (Å²) in [6, 6.07) is 1.32. The Kier molecular flexibility index (Phi) is 4.41. The Balaban J connectivity index is 3.56. The van der Waals surface area contributed by atoms with E-state index >= 15 is 0 Å². The van der Waals surface area contributed by atoms with Crippen molar-refractivity contribution in [2.24, 2.45) is 0 Å². The molecule has 8 nitrogen and oxygen atoms in total. The van der Waals surface area contributed by atoms with E-state index in [-0.39, 0.29) is 28.3 Å². The molecule has 0 N–H and O–H groups in total. The zero-order valence-corrected chi connectivity index (χ0v) is 10.6. The van der Waals surface area contributed by atoms with Crippen molar-refractivity contribution in [1.82, 2.24) is 0 Å². The Morgan fingerprint density at radius 2 is 1.84 bits per heavy atom. The third kappa shape index (κ3) is 2.97. The number of methoxy groups -OCH3 is 2. The summed E-state index contributed by atoms with van der Waals surface area (Å²) in [6.45, 7) is 1.49. The van der Waals surface area contributed by atoms with Gasteiger partial charge in [-0.1, -0.05) is 0 Å². The number of hydrogen-bond donors (Lipinski definition) is 0. The van der Waals surface area contributed by atoms with E-state index in [9.17, 15) is 20.2 Å². The van der Waals surface area contributed by atoms with Crippen LogP contribution in [-0.2, 0) is 0 Å². The first kappa shape index (κ1) is 14.4. The maximum Gasteiger partial charge on any atom is 0.283 e. The average Bonchev–Trinajstić information content (AvgIpc) is 2.34. The van der Waals surface area contributed by atoms with E-state index in [4.69, 9.17) is 9.47 Å². The lowest BCUT2D eigenvalue weighted by molar-refractivity contribution is -0.401. The van der Waals surface area contributed by atoms with Gasteiger partial charge in [0.05, 0.1) is 35.2 Å². The second-order valence-corrected chi connectivity index (χ2v) is 3.53. The molecule has 19 heavy (non-hydrogen) atoms. The molecule has 0 bridgehead atoms. The van der Waals surface area contributed by atoms with Crippen LogP contribution in [0.1, 0.15) is 11.1 Å². The molecule has 0 heterocycles. The van der Waals surface area contributed by atoms with E-state index in [2.05, 4.69) is 0 Å². The van der Waals surface area contributed by atoms with Gasteiger partial charge in [0.15, 0.2) is 11.5 Å². The van der Waals surface area contributed by atoms with Crippen LogP contribution < -0.4 is 9.47 Å². The fourth-order valence-corrected chi connectivity index (χ4v) is 1.70. The van der Waals surface area contributed by atoms with Gasteiger partial charge in [-0.3, -0.25) is 20.2 Å². The monoisotopic (exact) mass is 268 g/mol. The van der Waals surface area contributed by atoms with Gasteiger partial charge in [0.1, 0.15) is 0 Å². The Labute approximate surface area is 108 Å². The molecule has 0 amide bonds. The fraction of sp³-hybridized carbons (Fsp3) is 0.273. The number of ether oxygens (including phenoxy) is 2. The normalized spacial score (nSPS) is 10.5. The molecule has 0 atom stereocenters. The van der Waals surface area contributed by atoms with Gasteiger partial charge in [-0.25, -0.2) is 0 Å². The summed E-state index contributed by atoms with van der Waals surface area (Å²) < 4.78 is 10.1. The van der Waals surface area contributed by atoms with Crippen molar-refractivity contribution in [1.29, 1.82) is 0 Å². The quantitative estimate of drug-likeness (QED) is 0.598. The smallest absolute Gasteiger partial charge is 0.283 e. The molecule has 0 unspecified atom stereocenters. The Morgan fingerprint density at radius 3 is 2.26 bits per heavy atom. The summed E-state index contributed by atoms with van der Waals surface area (Å²) in [6.07, 6.45) is 1.68. The highest BCUT2D eigenvalue weighted by Gasteiger charge is 2.24. The predicted octanol–water partition coefficient (Wildman–Crippen LogP) is 2.17. The van der Waals surface area contributed by atoms with Crippen molar-refractivity contribution in [2.75, 3.05) is 14.2 Å². The molecule has 1 aromatic rings. The van der Waals surface area contributed by atoms with E-state index in [1.807, 2.05) is 0 Å². The molecule has 0 radical (unpaired) electrons. The van der Waals surface area contributed by atoms with Crippen LogP contribution in [-0.4, -0.2) is 24.1 Å². The lowest BCUT2D eigenvalue weighted by atomic mass is 10.1. The maximum absolute atomic E-state index is 11.1. The molecule has 0 saturated carbocycles. The average molecular weight is 268 g/mol. The van der Waals surface area contributed by atoms with Crippen LogP contribution in [0.4, 0.5) is 5.69 Å². The van der Waals surface area contributed by atoms with Gasteiger partial charge < -0.3 is 9.47 Å². The minimum Gasteiger partial charge on any atom is -0.493 e. The van der Waals surface area contributed by atoms with Crippen molar-refractivity contribution >= 4 is 11.8 Å². The summed E-state index contributed by atoms with van der Waals surface area (Å²) in [5.74, 6) is 0.501. The number of benzene rings is 1. The zero-order valence-electron chi connectivity index (χ0n) is 10.6. The molecular formula is C11H12N2O6. The van der Waals surface area contributed by atoms with E-state index in [0.29, 0.717) is 6.20 Å². The van der Waals surface area contributed by atoms with E-state index in [1.165, 1.54) is 27.2 Å². The fourth-order valence-electron chi connectivity index (χ4n) is 1.70. The summed E-state index contributed by atoms with van der Waals surface area (Å²) in [5, 5.41) is 21.4. The van der Waals surface area contributed by atoms with Gasteiger partial charge in [0, 0.05) is 6.08 Å². The first-order chi connectivity index (χ1) is 8.92. The Bertz CT molecular complexity index is 553. The molecule has 102 valence electrons. The highest BCUT2D eigenvalue weighted by molar-refractivity contribution is 5.70. The molecule has 0 aliphatic carbocycles. The van der Waals surface area contributed by atoms with Crippen molar-refractivity contribution in [2.45, 2.75) is 6.92 Å². The SMILES string of the molecule is COc1cc(/C=C/[N+](=O)[O-])c([N+](=O)[O-])c(C)c1OC. The summed E-state index contributed by atoms with van der Waals surface area (Å²) in [4.78, 5) is 20.1. The van der Waals surface area contributed by atoms with Crippen molar-refractivity contribution < 1.29 is 19.3 Å². The summed E-state index contributed by atoms with van der Waals surface area (Å²) in [5.41, 5.74) is 0.0717. The first-order valence-corrected chi connectivity index (χ1v) is 5.14. The molecule has 0 aromatic heterocycles. The van der Waals surface area contributed by atoms with Gasteiger partial charge >= 0.3 is 0 Å². The summed E-state index contributed by atoms with van der Waals surface area (Å²) >= 11 is 0. The maximum atomic E-state index is 11.1. The van der Waals surface area contributed by atoms with E-state index in [0.717, 1.165) is 6.08 Å². The minimum absolute atomic E-state index is 0.0804. The topological polar surface area (TPSA) is 105 Å². The number of hydrogen-bond acceptors (Lipinski definition) is 6. The highest BCUT2D eigenvalue weighted by atomic mass is 16.6. The Morgan fingerprint density at radius 1 is 1.21 bits per heavy atom. The molecule has 0 fully saturated rings. The van der Waals surface area contributed by atoms with Crippen LogP contribution >= 0.6 is 0 Å². The van der Waals surface area contributed by atoms with Crippen molar-refractivity contribution in [3.63, 3.8) is 0 Å². The molecular weight excluding hydrogens is 256 g/mol. The van der Waals surface area contributed by atoms with Crippen LogP contribution in [0.25, 0.3) is 6.08 Å². The number of nitro groups is 2. The van der Waals surface area contributed by atoms with Gasteiger partial charge in [-0.15, -0.1) is 0 Å². The molecule has 1 aromatic carbocycles. The predicted molar refractivity (Wildman–Crippen MR) is 67.0 cm³/mol. The second-order valence-electron chi connectivity index (χ2n) is 3.53. The lowest BCUT2D eigenvalue weighted by Crippen LogP contribution is -2.01. The summed E-state index contributed by atoms with van der Waals surface area (Å²) in [7, 11) is 2.74. The molecule has 0 aliphatic heterocycles. The molecule has 1 rings (SSSR count). The second kappa shape index (κ2) is 5.80. The van der Waals surface area contributed by atoms with Crippen molar-refractivity contribution in [3.05, 3.63) is 43.6 Å². The minimum atomic E-state index is -0.699. The van der Waals surface area contributed by atoms with Crippen LogP contribution in [0.15, 0.2) is 12.3 Å². The standard InChI is InChI=1S/C11H12N2O6/c1-7-10(13(16)17)8(4-5-12(14)15)6-9(18-2)11(7)19-3/h4-6H,1-3H3/b5-4+. The number of nitro benzene ring substituents is 1. The highest BCUT2D eigenvalue weighted by Crippen LogP contribution is 2.39. The third-order valence-corrected chi connectivity index (χ3v) is 2.46. The van der Waals surface area contributed by atoms with Gasteiger partial charge in [-0.2, -0.15) is 0 Å². The van der Waals surface area contributed by atoms with Crippen LogP contribution in [0.3, 0.4) is 0 Å². The molecule has 0 aliphatic rings. The molecule has 8 heteroatoms. The van der Waals surface area contributed by atoms with Crippen LogP contribution in [0, 0.1) is 27.2 Å². The van der Waals surface area contributed by atoms with E-state index < -0.39 is 9.85 Å². The van der Waals surface area contributed by atoms with Crippen LogP contribution in [0.2, 0.25) is 0 Å². The number of nitrogens with zero attached hydrogens (tertiary/aromatic N) is 2. The molecule has 0 spiro atoms. The first-order valence-electron chi connectivity index (χ1n) is 5.14. The zero-order chi connectivity index (χ0) is 14.6. The van der Waals surface area contributed by atoms with Gasteiger partial charge in [0.2, 0.25) is 6.20 Å². The van der Waals surface area contributed by atoms with Gasteiger partial charge in [0.25, 0.3) is 5.69 Å². The van der Waals surface area contributed by atoms with Gasteiger partial charge in [-0.05, 0) is 13.0 Å². The van der Waals surface area contributed by atoms with E-state index in [1.54, 1.807) is 0 Å². The number of rotatable bonds is 5. The van der Waals surface area contributed by atoms with Crippen molar-refractivity contribution in [3.8, 4) is 11.5 Å². The Hall–Kier alpha value is -2.64. The molecule has 0 saturated heterocycles.